The molecule has 0 aliphatic carbocycles. The number of hydrogen-bond acceptors (Lipinski definition) is 2. The van der Waals surface area contributed by atoms with E-state index >= 15 is 0 Å². The van der Waals surface area contributed by atoms with Crippen molar-refractivity contribution in [1.29, 1.82) is 0 Å². The number of nitrogens with zero attached hydrogens (tertiary/aromatic N) is 1. The summed E-state index contributed by atoms with van der Waals surface area (Å²) in [7, 11) is 0. The first kappa shape index (κ1) is 10.5. The van der Waals surface area contributed by atoms with Crippen molar-refractivity contribution in [2.24, 2.45) is 5.73 Å². The molecule has 0 bridgehead atoms. The van der Waals surface area contributed by atoms with Gasteiger partial charge >= 0.3 is 0 Å². The van der Waals surface area contributed by atoms with Crippen LogP contribution >= 0.6 is 0 Å². The molecule has 1 rings (SSSR count). The molecule has 0 aromatic rings. The first-order chi connectivity index (χ1) is 6.16. The zero-order valence-electron chi connectivity index (χ0n) is 8.62. The molecule has 0 unspecified atom stereocenters. The Kier molecular flexibility index (Phi) is 3.72. The number of hydrogen-bond donors (Lipinski definition) is 1. The highest BCUT2D eigenvalue weighted by atomic mass is 16.2. The molecule has 1 aliphatic rings. The summed E-state index contributed by atoms with van der Waals surface area (Å²) in [5.74, 6) is 0.117. The molecule has 1 heterocycles. The summed E-state index contributed by atoms with van der Waals surface area (Å²) >= 11 is 0. The van der Waals surface area contributed by atoms with Gasteiger partial charge in [-0.05, 0) is 32.6 Å². The predicted octanol–water partition coefficient (Wildman–Crippen LogP) is 1.12. The van der Waals surface area contributed by atoms with Crippen molar-refractivity contribution in [3.8, 4) is 0 Å². The Morgan fingerprint density at radius 3 is 2.85 bits per heavy atom. The van der Waals surface area contributed by atoms with Crippen molar-refractivity contribution >= 4 is 5.91 Å². The van der Waals surface area contributed by atoms with Gasteiger partial charge in [-0.1, -0.05) is 6.92 Å². The molecule has 0 aromatic heterocycles. The largest absolute Gasteiger partial charge is 0.338 e. The highest BCUT2D eigenvalue weighted by Crippen LogP contribution is 2.19. The van der Waals surface area contributed by atoms with Crippen LogP contribution in [0, 0.1) is 0 Å². The first-order valence-electron chi connectivity index (χ1n) is 5.23. The number of likely N-dealkylation sites (tertiary alicyclic amines) is 1. The van der Waals surface area contributed by atoms with E-state index in [0.29, 0.717) is 6.04 Å². The van der Waals surface area contributed by atoms with Crippen LogP contribution in [-0.2, 0) is 4.79 Å². The molecule has 2 atom stereocenters. The average Bonchev–Trinajstić information content (AvgIpc) is 2.16. The van der Waals surface area contributed by atoms with Crippen LogP contribution in [-0.4, -0.2) is 29.4 Å². The monoisotopic (exact) mass is 184 g/mol. The number of amides is 1. The lowest BCUT2D eigenvalue weighted by atomic mass is 9.99. The number of carbonyl (C=O) groups excluding carboxylic acids is 1. The number of rotatable bonds is 2. The fraction of sp³-hybridized carbons (Fsp3) is 0.900. The van der Waals surface area contributed by atoms with Crippen LogP contribution in [0.5, 0.6) is 0 Å². The Bertz CT molecular complexity index is 180. The molecule has 1 amide bonds. The maximum atomic E-state index is 11.7. The van der Waals surface area contributed by atoms with E-state index in [4.69, 9.17) is 5.73 Å². The zero-order chi connectivity index (χ0) is 9.84. The number of nitrogens with two attached hydrogens (primary N) is 1. The standard InChI is InChI=1S/C10H20N2O/c1-3-9-6-4-5-7-12(9)10(13)8(2)11/h8-9H,3-7,11H2,1-2H3/t8-,9+/m0/s1. The van der Waals surface area contributed by atoms with Crippen LogP contribution in [0.15, 0.2) is 0 Å². The van der Waals surface area contributed by atoms with Crippen molar-refractivity contribution in [2.45, 2.75) is 51.6 Å². The normalized spacial score (nSPS) is 25.8. The first-order valence-corrected chi connectivity index (χ1v) is 5.23. The van der Waals surface area contributed by atoms with Gasteiger partial charge in [-0.3, -0.25) is 4.79 Å². The summed E-state index contributed by atoms with van der Waals surface area (Å²) < 4.78 is 0. The van der Waals surface area contributed by atoms with Crippen molar-refractivity contribution in [3.05, 3.63) is 0 Å². The lowest BCUT2D eigenvalue weighted by Crippen LogP contribution is -2.49. The van der Waals surface area contributed by atoms with Gasteiger partial charge < -0.3 is 10.6 Å². The summed E-state index contributed by atoms with van der Waals surface area (Å²) in [6.07, 6.45) is 4.59. The van der Waals surface area contributed by atoms with E-state index in [1.165, 1.54) is 6.42 Å². The van der Waals surface area contributed by atoms with Crippen LogP contribution in [0.2, 0.25) is 0 Å². The van der Waals surface area contributed by atoms with Gasteiger partial charge in [-0.25, -0.2) is 0 Å². The maximum Gasteiger partial charge on any atom is 0.239 e. The summed E-state index contributed by atoms with van der Waals surface area (Å²) in [6, 6.07) is 0.0967. The molecule has 1 aliphatic heterocycles. The summed E-state index contributed by atoms with van der Waals surface area (Å²) in [4.78, 5) is 13.6. The van der Waals surface area contributed by atoms with Crippen LogP contribution in [0.3, 0.4) is 0 Å². The molecule has 76 valence electrons. The highest BCUT2D eigenvalue weighted by Gasteiger charge is 2.26. The molecule has 0 radical (unpaired) electrons. The molecule has 1 fully saturated rings. The highest BCUT2D eigenvalue weighted by molar-refractivity contribution is 5.81. The second-order valence-corrected chi connectivity index (χ2v) is 3.88. The van der Waals surface area contributed by atoms with Gasteiger partial charge in [-0.2, -0.15) is 0 Å². The molecule has 0 saturated carbocycles. The third-order valence-electron chi connectivity index (χ3n) is 2.77. The fourth-order valence-corrected chi connectivity index (χ4v) is 1.98. The van der Waals surface area contributed by atoms with Gasteiger partial charge in [0.1, 0.15) is 0 Å². The van der Waals surface area contributed by atoms with E-state index in [0.717, 1.165) is 25.8 Å². The van der Waals surface area contributed by atoms with Crippen LogP contribution in [0.1, 0.15) is 39.5 Å². The predicted molar refractivity (Wildman–Crippen MR) is 53.3 cm³/mol. The minimum absolute atomic E-state index is 0.117. The van der Waals surface area contributed by atoms with E-state index in [9.17, 15) is 4.79 Å². The lowest BCUT2D eigenvalue weighted by molar-refractivity contribution is -0.135. The molecular formula is C10H20N2O. The maximum absolute atomic E-state index is 11.7. The molecule has 3 heteroatoms. The van der Waals surface area contributed by atoms with Crippen molar-refractivity contribution in [1.82, 2.24) is 4.90 Å². The second kappa shape index (κ2) is 4.61. The minimum atomic E-state index is -0.341. The zero-order valence-corrected chi connectivity index (χ0v) is 8.62. The number of carbonyl (C=O) groups is 1. The van der Waals surface area contributed by atoms with E-state index < -0.39 is 0 Å². The molecule has 3 nitrogen and oxygen atoms in total. The van der Waals surface area contributed by atoms with Crippen LogP contribution in [0.25, 0.3) is 0 Å². The van der Waals surface area contributed by atoms with Crippen LogP contribution in [0.4, 0.5) is 0 Å². The molecule has 13 heavy (non-hydrogen) atoms. The van der Waals surface area contributed by atoms with Gasteiger partial charge in [0.2, 0.25) is 5.91 Å². The Morgan fingerprint density at radius 2 is 2.31 bits per heavy atom. The Balaban J connectivity index is 2.58. The molecule has 1 saturated heterocycles. The summed E-state index contributed by atoms with van der Waals surface area (Å²) in [5, 5.41) is 0. The topological polar surface area (TPSA) is 46.3 Å². The second-order valence-electron chi connectivity index (χ2n) is 3.88. The fourth-order valence-electron chi connectivity index (χ4n) is 1.98. The molecule has 0 spiro atoms. The Morgan fingerprint density at radius 1 is 1.62 bits per heavy atom. The van der Waals surface area contributed by atoms with E-state index in [1.807, 2.05) is 4.90 Å². The average molecular weight is 184 g/mol. The summed E-state index contributed by atoms with van der Waals surface area (Å²) in [6.45, 7) is 4.81. The molecule has 2 N–H and O–H groups in total. The lowest BCUT2D eigenvalue weighted by Gasteiger charge is -2.36. The smallest absolute Gasteiger partial charge is 0.239 e. The molecule has 0 aromatic carbocycles. The Labute approximate surface area is 80.3 Å². The van der Waals surface area contributed by atoms with Gasteiger partial charge in [0.05, 0.1) is 6.04 Å². The van der Waals surface area contributed by atoms with Crippen molar-refractivity contribution in [3.63, 3.8) is 0 Å². The van der Waals surface area contributed by atoms with Gasteiger partial charge in [0.25, 0.3) is 0 Å². The quantitative estimate of drug-likeness (QED) is 0.699. The van der Waals surface area contributed by atoms with Gasteiger partial charge in [0, 0.05) is 12.6 Å². The van der Waals surface area contributed by atoms with Crippen LogP contribution < -0.4 is 5.73 Å². The van der Waals surface area contributed by atoms with Crippen molar-refractivity contribution < 1.29 is 4.79 Å². The third-order valence-corrected chi connectivity index (χ3v) is 2.77. The third kappa shape index (κ3) is 2.44. The Hall–Kier alpha value is -0.570. The van der Waals surface area contributed by atoms with E-state index in [2.05, 4.69) is 6.92 Å². The molecular weight excluding hydrogens is 164 g/mol. The van der Waals surface area contributed by atoms with Gasteiger partial charge in [-0.15, -0.1) is 0 Å². The van der Waals surface area contributed by atoms with E-state index in [1.54, 1.807) is 6.92 Å². The number of piperidine rings is 1. The SMILES string of the molecule is CC[C@@H]1CCCCN1C(=O)[C@H](C)N. The minimum Gasteiger partial charge on any atom is -0.338 e. The van der Waals surface area contributed by atoms with Crippen molar-refractivity contribution in [2.75, 3.05) is 6.54 Å². The summed E-state index contributed by atoms with van der Waals surface area (Å²) in [5.41, 5.74) is 5.59. The van der Waals surface area contributed by atoms with E-state index in [-0.39, 0.29) is 11.9 Å². The van der Waals surface area contributed by atoms with Gasteiger partial charge in [0.15, 0.2) is 0 Å².